The molecule has 1 aromatic rings. The van der Waals surface area contributed by atoms with E-state index in [0.717, 1.165) is 57.2 Å². The Morgan fingerprint density at radius 3 is 2.72 bits per heavy atom. The number of hydrogen-bond donors (Lipinski definition) is 2. The minimum atomic E-state index is 0.747. The zero-order chi connectivity index (χ0) is 12.6. The highest BCUT2D eigenvalue weighted by Gasteiger charge is 2.10. The molecule has 18 heavy (non-hydrogen) atoms. The summed E-state index contributed by atoms with van der Waals surface area (Å²) in [5, 5.41) is 6.51. The highest BCUT2D eigenvalue weighted by Crippen LogP contribution is 2.30. The predicted octanol–water partition coefficient (Wildman–Crippen LogP) is 1.20. The molecule has 0 saturated heterocycles. The first-order valence-electron chi connectivity index (χ1n) is 6.64. The Bertz CT molecular complexity index is 369. The molecule has 0 radical (unpaired) electrons. The first kappa shape index (κ1) is 13.2. The second kappa shape index (κ2) is 7.24. The molecular formula is C14H22N2O2. The van der Waals surface area contributed by atoms with Crippen LogP contribution in [0.2, 0.25) is 0 Å². The summed E-state index contributed by atoms with van der Waals surface area (Å²) in [7, 11) is 1.96. The molecule has 100 valence electrons. The summed E-state index contributed by atoms with van der Waals surface area (Å²) in [6.45, 7) is 4.48. The molecule has 2 N–H and O–H groups in total. The molecule has 4 nitrogen and oxygen atoms in total. The van der Waals surface area contributed by atoms with Crippen molar-refractivity contribution in [2.75, 3.05) is 39.9 Å². The molecule has 0 aromatic heterocycles. The maximum Gasteiger partial charge on any atom is 0.161 e. The van der Waals surface area contributed by atoms with Crippen molar-refractivity contribution in [2.45, 2.75) is 12.8 Å². The number of hydrogen-bond acceptors (Lipinski definition) is 4. The third-order valence-corrected chi connectivity index (χ3v) is 2.95. The molecule has 0 unspecified atom stereocenters. The van der Waals surface area contributed by atoms with Crippen LogP contribution in [0.3, 0.4) is 0 Å². The average Bonchev–Trinajstić information content (AvgIpc) is 2.63. The third-order valence-electron chi connectivity index (χ3n) is 2.95. The smallest absolute Gasteiger partial charge is 0.161 e. The lowest BCUT2D eigenvalue weighted by molar-refractivity contribution is 0.297. The molecule has 0 atom stereocenters. The maximum atomic E-state index is 5.68. The first-order chi connectivity index (χ1) is 8.90. The lowest BCUT2D eigenvalue weighted by Crippen LogP contribution is -2.26. The Kier molecular flexibility index (Phi) is 5.30. The maximum absolute atomic E-state index is 5.68. The van der Waals surface area contributed by atoms with E-state index < -0.39 is 0 Å². The molecule has 1 aromatic carbocycles. The molecule has 1 heterocycles. The zero-order valence-corrected chi connectivity index (χ0v) is 11.0. The number of ether oxygens (including phenoxy) is 2. The number of fused-ring (bicyclic) bond motifs is 1. The number of benzene rings is 1. The topological polar surface area (TPSA) is 42.5 Å². The van der Waals surface area contributed by atoms with Gasteiger partial charge in [-0.05, 0) is 37.7 Å². The monoisotopic (exact) mass is 250 g/mol. The van der Waals surface area contributed by atoms with Gasteiger partial charge >= 0.3 is 0 Å². The van der Waals surface area contributed by atoms with E-state index in [9.17, 15) is 0 Å². The zero-order valence-electron chi connectivity index (χ0n) is 11.0. The quantitative estimate of drug-likeness (QED) is 0.745. The van der Waals surface area contributed by atoms with Gasteiger partial charge in [-0.2, -0.15) is 0 Å². The van der Waals surface area contributed by atoms with Crippen molar-refractivity contribution in [1.29, 1.82) is 0 Å². The summed E-state index contributed by atoms with van der Waals surface area (Å²) in [6, 6.07) is 6.23. The molecule has 0 spiro atoms. The van der Waals surface area contributed by atoms with E-state index in [1.807, 2.05) is 13.1 Å². The fourth-order valence-electron chi connectivity index (χ4n) is 1.93. The standard InChI is InChI=1S/C14H22N2O2/c1-15-7-8-16-6-5-12-3-4-13-14(11-12)18-10-2-9-17-13/h3-4,11,15-16H,2,5-10H2,1H3. The summed E-state index contributed by atoms with van der Waals surface area (Å²) < 4.78 is 11.3. The van der Waals surface area contributed by atoms with Crippen molar-refractivity contribution in [2.24, 2.45) is 0 Å². The van der Waals surface area contributed by atoms with Crippen LogP contribution in [0.5, 0.6) is 11.5 Å². The third kappa shape index (κ3) is 3.89. The largest absolute Gasteiger partial charge is 0.490 e. The first-order valence-corrected chi connectivity index (χ1v) is 6.64. The summed E-state index contributed by atoms with van der Waals surface area (Å²) in [6.07, 6.45) is 1.97. The summed E-state index contributed by atoms with van der Waals surface area (Å²) >= 11 is 0. The van der Waals surface area contributed by atoms with Gasteiger partial charge in [0.1, 0.15) is 0 Å². The minimum Gasteiger partial charge on any atom is -0.490 e. The van der Waals surface area contributed by atoms with Crippen molar-refractivity contribution in [3.8, 4) is 11.5 Å². The summed E-state index contributed by atoms with van der Waals surface area (Å²) in [4.78, 5) is 0. The van der Waals surface area contributed by atoms with Gasteiger partial charge in [-0.3, -0.25) is 0 Å². The number of rotatable bonds is 6. The van der Waals surface area contributed by atoms with Crippen LogP contribution < -0.4 is 20.1 Å². The molecule has 0 saturated carbocycles. The van der Waals surface area contributed by atoms with E-state index in [1.165, 1.54) is 5.56 Å². The van der Waals surface area contributed by atoms with Crippen LogP contribution in [0.1, 0.15) is 12.0 Å². The lowest BCUT2D eigenvalue weighted by atomic mass is 10.1. The predicted molar refractivity (Wildman–Crippen MR) is 72.5 cm³/mol. The summed E-state index contributed by atoms with van der Waals surface area (Å²) in [5.41, 5.74) is 1.29. The van der Waals surface area contributed by atoms with Gasteiger partial charge in [-0.15, -0.1) is 0 Å². The second-order valence-electron chi connectivity index (χ2n) is 4.44. The Morgan fingerprint density at radius 2 is 1.89 bits per heavy atom. The van der Waals surface area contributed by atoms with Crippen molar-refractivity contribution in [3.05, 3.63) is 23.8 Å². The van der Waals surface area contributed by atoms with Crippen molar-refractivity contribution in [1.82, 2.24) is 10.6 Å². The van der Waals surface area contributed by atoms with Gasteiger partial charge in [0.05, 0.1) is 13.2 Å². The second-order valence-corrected chi connectivity index (χ2v) is 4.44. The van der Waals surface area contributed by atoms with Gasteiger partial charge in [0, 0.05) is 19.5 Å². The van der Waals surface area contributed by atoms with Crippen LogP contribution in [0.15, 0.2) is 18.2 Å². The normalized spacial score (nSPS) is 14.3. The van der Waals surface area contributed by atoms with Crippen molar-refractivity contribution >= 4 is 0 Å². The van der Waals surface area contributed by atoms with Gasteiger partial charge in [0.2, 0.25) is 0 Å². The van der Waals surface area contributed by atoms with Gasteiger partial charge in [-0.25, -0.2) is 0 Å². The van der Waals surface area contributed by atoms with Crippen LogP contribution in [0.25, 0.3) is 0 Å². The summed E-state index contributed by atoms with van der Waals surface area (Å²) in [5.74, 6) is 1.76. The Hall–Kier alpha value is -1.26. The Morgan fingerprint density at radius 1 is 1.06 bits per heavy atom. The lowest BCUT2D eigenvalue weighted by Gasteiger charge is -2.09. The Labute approximate surface area is 109 Å². The molecular weight excluding hydrogens is 228 g/mol. The van der Waals surface area contributed by atoms with Crippen LogP contribution in [-0.2, 0) is 6.42 Å². The fraction of sp³-hybridized carbons (Fsp3) is 0.571. The highest BCUT2D eigenvalue weighted by molar-refractivity contribution is 5.43. The molecule has 0 amide bonds. The molecule has 1 aliphatic heterocycles. The molecule has 4 heteroatoms. The van der Waals surface area contributed by atoms with E-state index in [4.69, 9.17) is 9.47 Å². The van der Waals surface area contributed by atoms with E-state index in [1.54, 1.807) is 0 Å². The molecule has 1 aliphatic rings. The Balaban J connectivity index is 1.84. The number of nitrogens with one attached hydrogen (secondary N) is 2. The van der Waals surface area contributed by atoms with Crippen LogP contribution in [-0.4, -0.2) is 39.9 Å². The molecule has 0 aliphatic carbocycles. The average molecular weight is 250 g/mol. The van der Waals surface area contributed by atoms with Gasteiger partial charge in [-0.1, -0.05) is 6.07 Å². The fourth-order valence-corrected chi connectivity index (χ4v) is 1.93. The van der Waals surface area contributed by atoms with Gasteiger partial charge < -0.3 is 20.1 Å². The van der Waals surface area contributed by atoms with E-state index in [-0.39, 0.29) is 0 Å². The van der Waals surface area contributed by atoms with Gasteiger partial charge in [0.25, 0.3) is 0 Å². The van der Waals surface area contributed by atoms with E-state index >= 15 is 0 Å². The minimum absolute atomic E-state index is 0.747. The molecule has 0 bridgehead atoms. The van der Waals surface area contributed by atoms with Crippen LogP contribution in [0, 0.1) is 0 Å². The SMILES string of the molecule is CNCCNCCc1ccc2c(c1)OCCCO2. The van der Waals surface area contributed by atoms with Crippen LogP contribution >= 0.6 is 0 Å². The van der Waals surface area contributed by atoms with E-state index in [0.29, 0.717) is 0 Å². The van der Waals surface area contributed by atoms with Crippen molar-refractivity contribution < 1.29 is 9.47 Å². The van der Waals surface area contributed by atoms with E-state index in [2.05, 4.69) is 22.8 Å². The molecule has 0 fully saturated rings. The van der Waals surface area contributed by atoms with Crippen LogP contribution in [0.4, 0.5) is 0 Å². The van der Waals surface area contributed by atoms with Gasteiger partial charge in [0.15, 0.2) is 11.5 Å². The molecule has 2 rings (SSSR count). The highest BCUT2D eigenvalue weighted by atomic mass is 16.5. The number of likely N-dealkylation sites (N-methyl/N-ethyl adjacent to an activating group) is 1. The van der Waals surface area contributed by atoms with Crippen molar-refractivity contribution in [3.63, 3.8) is 0 Å².